The van der Waals surface area contributed by atoms with Crippen LogP contribution in [0.1, 0.15) is 12.2 Å². The van der Waals surface area contributed by atoms with Gasteiger partial charge in [-0.25, -0.2) is 0 Å². The molecule has 1 aromatic carbocycles. The zero-order valence-corrected chi connectivity index (χ0v) is 13.4. The van der Waals surface area contributed by atoms with E-state index in [-0.39, 0.29) is 35.5 Å². The maximum absolute atomic E-state index is 12.6. The Morgan fingerprint density at radius 3 is 2.32 bits per heavy atom. The molecule has 124 valence electrons. The summed E-state index contributed by atoms with van der Waals surface area (Å²) in [5.74, 6) is 0.806. The van der Waals surface area contributed by atoms with Gasteiger partial charge in [0, 0.05) is 5.56 Å². The van der Waals surface area contributed by atoms with Gasteiger partial charge in [0.05, 0.1) is 18.1 Å². The molecular weight excluding hydrogens is 316 g/mol. The Morgan fingerprint density at radius 1 is 0.960 bits per heavy atom. The van der Waals surface area contributed by atoms with Crippen LogP contribution in [0.3, 0.4) is 0 Å². The van der Waals surface area contributed by atoms with Gasteiger partial charge in [-0.3, -0.25) is 9.59 Å². The minimum atomic E-state index is -0.226. The van der Waals surface area contributed by atoms with Crippen LogP contribution in [-0.2, 0) is 9.59 Å². The zero-order chi connectivity index (χ0) is 17.0. The third-order valence-electron chi connectivity index (χ3n) is 5.43. The molecule has 5 heteroatoms. The molecule has 4 atom stereocenters. The van der Waals surface area contributed by atoms with Crippen molar-refractivity contribution in [3.63, 3.8) is 0 Å². The first-order valence-corrected chi connectivity index (χ1v) is 8.48. The van der Waals surface area contributed by atoms with Crippen molar-refractivity contribution in [1.82, 2.24) is 5.01 Å². The predicted octanol–water partition coefficient (Wildman–Crippen LogP) is 3.09. The third-order valence-corrected chi connectivity index (χ3v) is 5.43. The Kier molecular flexibility index (Phi) is 3.04. The molecule has 0 radical (unpaired) electrons. The first-order valence-electron chi connectivity index (χ1n) is 8.48. The zero-order valence-electron chi connectivity index (χ0n) is 13.4. The van der Waals surface area contributed by atoms with E-state index in [2.05, 4.69) is 17.3 Å². The summed E-state index contributed by atoms with van der Waals surface area (Å²) >= 11 is 0. The van der Waals surface area contributed by atoms with Crippen LogP contribution in [-0.4, -0.2) is 23.0 Å². The predicted molar refractivity (Wildman–Crippen MR) is 91.3 cm³/mol. The molecule has 2 fully saturated rings. The molecule has 3 aliphatic rings. The molecule has 2 aliphatic carbocycles. The van der Waals surface area contributed by atoms with E-state index in [0.29, 0.717) is 5.76 Å². The van der Waals surface area contributed by atoms with Crippen molar-refractivity contribution in [1.29, 1.82) is 0 Å². The minimum Gasteiger partial charge on any atom is -0.455 e. The van der Waals surface area contributed by atoms with E-state index in [4.69, 9.17) is 4.42 Å². The molecule has 25 heavy (non-hydrogen) atoms. The summed E-state index contributed by atoms with van der Waals surface area (Å²) in [7, 11) is 0. The van der Waals surface area contributed by atoms with Gasteiger partial charge in [0.25, 0.3) is 11.8 Å². The number of nitrogens with zero attached hydrogens (tertiary/aromatic N) is 2. The molecule has 5 rings (SSSR count). The van der Waals surface area contributed by atoms with Crippen molar-refractivity contribution in [3.05, 3.63) is 60.4 Å². The second-order valence-corrected chi connectivity index (χ2v) is 6.80. The van der Waals surface area contributed by atoms with Crippen LogP contribution in [0.25, 0.3) is 11.3 Å². The van der Waals surface area contributed by atoms with Crippen LogP contribution in [0.15, 0.2) is 64.1 Å². The molecule has 1 aromatic heterocycles. The summed E-state index contributed by atoms with van der Waals surface area (Å²) in [5.41, 5.74) is 0.965. The maximum atomic E-state index is 12.6. The van der Waals surface area contributed by atoms with E-state index < -0.39 is 0 Å². The van der Waals surface area contributed by atoms with Gasteiger partial charge in [0.1, 0.15) is 11.5 Å². The van der Waals surface area contributed by atoms with Gasteiger partial charge >= 0.3 is 0 Å². The summed E-state index contributed by atoms with van der Waals surface area (Å²) < 4.78 is 5.74. The fourth-order valence-corrected chi connectivity index (χ4v) is 4.29. The van der Waals surface area contributed by atoms with E-state index in [1.165, 1.54) is 6.21 Å². The van der Waals surface area contributed by atoms with Gasteiger partial charge in [-0.1, -0.05) is 42.5 Å². The summed E-state index contributed by atoms with van der Waals surface area (Å²) in [6.07, 6.45) is 6.51. The lowest BCUT2D eigenvalue weighted by Gasteiger charge is -2.13. The van der Waals surface area contributed by atoms with Crippen LogP contribution < -0.4 is 0 Å². The lowest BCUT2D eigenvalue weighted by Crippen LogP contribution is -2.28. The van der Waals surface area contributed by atoms with Crippen LogP contribution in [0, 0.1) is 23.7 Å². The van der Waals surface area contributed by atoms with Crippen LogP contribution in [0.2, 0.25) is 0 Å². The lowest BCUT2D eigenvalue weighted by atomic mass is 9.85. The van der Waals surface area contributed by atoms with Crippen molar-refractivity contribution < 1.29 is 14.0 Å². The molecule has 2 heterocycles. The third kappa shape index (κ3) is 2.12. The number of carbonyl (C=O) groups is 2. The Balaban J connectivity index is 1.37. The molecule has 1 aliphatic heterocycles. The number of rotatable bonds is 3. The van der Waals surface area contributed by atoms with Crippen LogP contribution >= 0.6 is 0 Å². The SMILES string of the molecule is O=C1C2C3C=CC(C3)C2C(=O)N1N=Cc1ccc(-c2ccccc2)o1. The van der Waals surface area contributed by atoms with Gasteiger partial charge in [-0.2, -0.15) is 10.1 Å². The summed E-state index contributed by atoms with van der Waals surface area (Å²) in [4.78, 5) is 25.1. The molecule has 2 amide bonds. The van der Waals surface area contributed by atoms with E-state index in [9.17, 15) is 9.59 Å². The Bertz CT molecular complexity index is 882. The monoisotopic (exact) mass is 332 g/mol. The molecule has 5 nitrogen and oxygen atoms in total. The van der Waals surface area contributed by atoms with Crippen molar-refractivity contribution in [2.45, 2.75) is 6.42 Å². The number of furan rings is 1. The summed E-state index contributed by atoms with van der Waals surface area (Å²) in [5, 5.41) is 5.16. The number of amides is 2. The molecule has 4 unspecified atom stereocenters. The maximum Gasteiger partial charge on any atom is 0.254 e. The van der Waals surface area contributed by atoms with Crippen LogP contribution in [0.4, 0.5) is 0 Å². The summed E-state index contributed by atoms with van der Waals surface area (Å²) in [6.45, 7) is 0. The number of hydrogen-bond donors (Lipinski definition) is 0. The van der Waals surface area contributed by atoms with Crippen molar-refractivity contribution >= 4 is 18.0 Å². The van der Waals surface area contributed by atoms with Gasteiger partial charge in [-0.05, 0) is 30.4 Å². The molecule has 1 saturated carbocycles. The highest BCUT2D eigenvalue weighted by molar-refractivity contribution is 6.06. The Hall–Kier alpha value is -2.95. The molecule has 0 N–H and O–H groups in total. The van der Waals surface area contributed by atoms with Gasteiger partial charge in [0.2, 0.25) is 0 Å². The molecule has 2 bridgehead atoms. The van der Waals surface area contributed by atoms with Crippen molar-refractivity contribution in [2.24, 2.45) is 28.8 Å². The highest BCUT2D eigenvalue weighted by Gasteiger charge is 2.59. The van der Waals surface area contributed by atoms with Gasteiger partial charge in [-0.15, -0.1) is 0 Å². The highest BCUT2D eigenvalue weighted by Crippen LogP contribution is 2.52. The van der Waals surface area contributed by atoms with Crippen molar-refractivity contribution in [2.75, 3.05) is 0 Å². The normalized spacial score (nSPS) is 30.0. The number of allylic oxidation sites excluding steroid dienone is 2. The van der Waals surface area contributed by atoms with Crippen molar-refractivity contribution in [3.8, 4) is 11.3 Å². The smallest absolute Gasteiger partial charge is 0.254 e. The van der Waals surface area contributed by atoms with E-state index in [1.54, 1.807) is 6.07 Å². The van der Waals surface area contributed by atoms with E-state index in [1.807, 2.05) is 36.4 Å². The average Bonchev–Trinajstić information content (AvgIpc) is 3.40. The number of hydrogen-bond acceptors (Lipinski definition) is 4. The highest BCUT2D eigenvalue weighted by atomic mass is 16.3. The first kappa shape index (κ1) is 14.4. The topological polar surface area (TPSA) is 62.9 Å². The second-order valence-electron chi connectivity index (χ2n) is 6.80. The fourth-order valence-electron chi connectivity index (χ4n) is 4.29. The van der Waals surface area contributed by atoms with Gasteiger partial charge < -0.3 is 4.42 Å². The second kappa shape index (κ2) is 5.28. The Morgan fingerprint density at radius 2 is 1.64 bits per heavy atom. The fraction of sp³-hybridized carbons (Fsp3) is 0.250. The molecular formula is C20H16N2O3. The van der Waals surface area contributed by atoms with E-state index in [0.717, 1.165) is 22.8 Å². The number of carbonyl (C=O) groups excluding carboxylic acids is 2. The number of fused-ring (bicyclic) bond motifs is 5. The van der Waals surface area contributed by atoms with E-state index >= 15 is 0 Å². The van der Waals surface area contributed by atoms with Crippen LogP contribution in [0.5, 0.6) is 0 Å². The first-order chi connectivity index (χ1) is 12.2. The molecule has 2 aromatic rings. The lowest BCUT2D eigenvalue weighted by molar-refractivity contribution is -0.140. The molecule has 0 spiro atoms. The van der Waals surface area contributed by atoms with Gasteiger partial charge in [0.15, 0.2) is 0 Å². The number of benzene rings is 1. The quantitative estimate of drug-likeness (QED) is 0.493. The standard InChI is InChI=1S/C20H16N2O3/c23-19-17-13-6-7-14(10-13)18(17)20(24)22(19)21-11-15-8-9-16(25-15)12-4-2-1-3-5-12/h1-9,11,13-14,17-18H,10H2. The number of hydrazone groups is 1. The largest absolute Gasteiger partial charge is 0.455 e. The summed E-state index contributed by atoms with van der Waals surface area (Å²) in [6, 6.07) is 13.4. The average molecular weight is 332 g/mol. The molecule has 1 saturated heterocycles. The minimum absolute atomic E-state index is 0.182. The Labute approximate surface area is 144 Å². The number of imide groups is 1.